The van der Waals surface area contributed by atoms with Gasteiger partial charge in [0.15, 0.2) is 13.2 Å². The number of carbonyl (C=O) groups excluding carboxylic acids is 2. The minimum atomic E-state index is -0.181. The van der Waals surface area contributed by atoms with Gasteiger partial charge in [0, 0.05) is 36.6 Å². The number of hydrogen-bond acceptors (Lipinski definition) is 4. The zero-order chi connectivity index (χ0) is 30.5. The first-order valence-corrected chi connectivity index (χ1v) is 14.4. The molecule has 6 rings (SSSR count). The van der Waals surface area contributed by atoms with Crippen LogP contribution in [0.4, 0.5) is 11.4 Å². The molecule has 6 heteroatoms. The third kappa shape index (κ3) is 5.83. The molecular weight excluding hydrogens is 548 g/mol. The van der Waals surface area contributed by atoms with Gasteiger partial charge in [-0.1, -0.05) is 97.1 Å². The van der Waals surface area contributed by atoms with Crippen LogP contribution in [0.5, 0.6) is 11.5 Å². The predicted octanol–water partition coefficient (Wildman–Crippen LogP) is 7.74. The summed E-state index contributed by atoms with van der Waals surface area (Å²) in [7, 11) is 3.48. The van der Waals surface area contributed by atoms with Crippen LogP contribution in [0, 0.1) is 0 Å². The van der Waals surface area contributed by atoms with Crippen LogP contribution in [0.15, 0.2) is 133 Å². The van der Waals surface area contributed by atoms with E-state index in [-0.39, 0.29) is 25.0 Å². The van der Waals surface area contributed by atoms with E-state index in [9.17, 15) is 9.59 Å². The molecule has 0 radical (unpaired) electrons. The first kappa shape index (κ1) is 28.5. The Morgan fingerprint density at radius 2 is 0.841 bits per heavy atom. The largest absolute Gasteiger partial charge is 0.483 e. The van der Waals surface area contributed by atoms with Crippen LogP contribution < -0.4 is 19.3 Å². The number of hydrogen-bond donors (Lipinski definition) is 0. The van der Waals surface area contributed by atoms with E-state index < -0.39 is 0 Å². The Morgan fingerprint density at radius 1 is 0.477 bits per heavy atom. The first-order chi connectivity index (χ1) is 21.5. The summed E-state index contributed by atoms with van der Waals surface area (Å²) in [5.41, 5.74) is 3.17. The van der Waals surface area contributed by atoms with Crippen LogP contribution >= 0.6 is 0 Å². The second-order valence-electron chi connectivity index (χ2n) is 10.5. The number of para-hydroxylation sites is 2. The highest BCUT2D eigenvalue weighted by Crippen LogP contribution is 2.45. The summed E-state index contributed by atoms with van der Waals surface area (Å²) >= 11 is 0. The Hall–Kier alpha value is -5.62. The summed E-state index contributed by atoms with van der Waals surface area (Å²) in [6.07, 6.45) is 0. The van der Waals surface area contributed by atoms with Crippen molar-refractivity contribution in [2.24, 2.45) is 0 Å². The fourth-order valence-corrected chi connectivity index (χ4v) is 5.32. The number of likely N-dealkylation sites (N-methyl/N-ethyl adjacent to an activating group) is 2. The highest BCUT2D eigenvalue weighted by atomic mass is 16.5. The van der Waals surface area contributed by atoms with Gasteiger partial charge >= 0.3 is 0 Å². The maximum absolute atomic E-state index is 13.2. The van der Waals surface area contributed by atoms with E-state index in [1.807, 2.05) is 133 Å². The number of rotatable bonds is 9. The Morgan fingerprint density at radius 3 is 1.25 bits per heavy atom. The third-order valence-corrected chi connectivity index (χ3v) is 7.77. The summed E-state index contributed by atoms with van der Waals surface area (Å²) in [6, 6.07) is 42.8. The van der Waals surface area contributed by atoms with Gasteiger partial charge in [-0.25, -0.2) is 0 Å². The first-order valence-electron chi connectivity index (χ1n) is 14.4. The lowest BCUT2D eigenvalue weighted by Gasteiger charge is -2.22. The minimum Gasteiger partial charge on any atom is -0.483 e. The van der Waals surface area contributed by atoms with Crippen molar-refractivity contribution in [1.29, 1.82) is 0 Å². The van der Waals surface area contributed by atoms with E-state index in [1.165, 1.54) is 0 Å². The molecule has 0 saturated heterocycles. The zero-order valence-electron chi connectivity index (χ0n) is 24.6. The fraction of sp³-hybridized carbons (Fsp3) is 0.105. The molecule has 0 aliphatic heterocycles. The van der Waals surface area contributed by atoms with Gasteiger partial charge in [-0.3, -0.25) is 9.59 Å². The highest BCUT2D eigenvalue weighted by Gasteiger charge is 2.22. The molecule has 0 aliphatic carbocycles. The highest BCUT2D eigenvalue weighted by molar-refractivity contribution is 6.10. The zero-order valence-corrected chi connectivity index (χ0v) is 24.6. The SMILES string of the molecule is CN(C(=O)COc1ccc2ccccc2c1-c1c(OCC(=O)N(C)c2ccccc2)ccc2ccccc12)c1ccccc1. The Bertz CT molecular complexity index is 1800. The molecule has 0 bridgehead atoms. The molecule has 0 heterocycles. The number of fused-ring (bicyclic) bond motifs is 2. The Labute approximate surface area is 256 Å². The van der Waals surface area contributed by atoms with E-state index in [4.69, 9.17) is 9.47 Å². The van der Waals surface area contributed by atoms with Crippen LogP contribution in [0.3, 0.4) is 0 Å². The summed E-state index contributed by atoms with van der Waals surface area (Å²) < 4.78 is 12.6. The Kier molecular flexibility index (Phi) is 8.23. The molecule has 0 fully saturated rings. The van der Waals surface area contributed by atoms with E-state index in [2.05, 4.69) is 0 Å². The molecule has 6 aromatic rings. The predicted molar refractivity (Wildman–Crippen MR) is 178 cm³/mol. The molecule has 0 aliphatic rings. The quantitative estimate of drug-likeness (QED) is 0.176. The van der Waals surface area contributed by atoms with Crippen molar-refractivity contribution in [3.05, 3.63) is 133 Å². The molecule has 218 valence electrons. The van der Waals surface area contributed by atoms with Gasteiger partial charge in [-0.05, 0) is 57.9 Å². The summed E-state index contributed by atoms with van der Waals surface area (Å²) in [5.74, 6) is 0.735. The van der Waals surface area contributed by atoms with E-state index in [1.54, 1.807) is 23.9 Å². The van der Waals surface area contributed by atoms with E-state index in [0.29, 0.717) is 11.5 Å². The van der Waals surface area contributed by atoms with Crippen LogP contribution in [-0.4, -0.2) is 39.1 Å². The van der Waals surface area contributed by atoms with Crippen molar-refractivity contribution in [2.45, 2.75) is 0 Å². The van der Waals surface area contributed by atoms with Crippen molar-refractivity contribution < 1.29 is 19.1 Å². The number of benzene rings is 6. The molecule has 0 saturated carbocycles. The average molecular weight is 581 g/mol. The summed E-state index contributed by atoms with van der Waals surface area (Å²) in [6.45, 7) is -0.309. The standard InChI is InChI=1S/C38H32N2O4/c1-39(29-15-5-3-6-16-29)35(41)25-43-33-23-21-27-13-9-11-19-31(27)37(33)38-32-20-12-10-14-28(32)22-24-34(38)44-26-36(42)40(2)30-17-7-4-8-18-30/h3-24H,25-26H2,1-2H3. The maximum atomic E-state index is 13.2. The Balaban J connectivity index is 1.40. The van der Waals surface area contributed by atoms with Crippen molar-refractivity contribution in [3.8, 4) is 22.6 Å². The van der Waals surface area contributed by atoms with Crippen LogP contribution in [0.2, 0.25) is 0 Å². The van der Waals surface area contributed by atoms with Gasteiger partial charge in [0.05, 0.1) is 0 Å². The molecule has 2 amide bonds. The van der Waals surface area contributed by atoms with Gasteiger partial charge < -0.3 is 19.3 Å². The normalized spacial score (nSPS) is 10.9. The lowest BCUT2D eigenvalue weighted by Crippen LogP contribution is -2.31. The topological polar surface area (TPSA) is 59.1 Å². The van der Waals surface area contributed by atoms with Gasteiger partial charge in [-0.2, -0.15) is 0 Å². The number of carbonyl (C=O) groups is 2. The minimum absolute atomic E-state index is 0.155. The van der Waals surface area contributed by atoms with Crippen molar-refractivity contribution >= 4 is 44.7 Å². The van der Waals surface area contributed by atoms with Crippen molar-refractivity contribution in [2.75, 3.05) is 37.1 Å². The van der Waals surface area contributed by atoms with Gasteiger partial charge in [-0.15, -0.1) is 0 Å². The van der Waals surface area contributed by atoms with Crippen molar-refractivity contribution in [3.63, 3.8) is 0 Å². The van der Waals surface area contributed by atoms with Gasteiger partial charge in [0.1, 0.15) is 11.5 Å². The van der Waals surface area contributed by atoms with Crippen molar-refractivity contribution in [1.82, 2.24) is 0 Å². The number of ether oxygens (including phenoxy) is 2. The molecule has 0 atom stereocenters. The smallest absolute Gasteiger partial charge is 0.264 e. The molecule has 0 N–H and O–H groups in total. The molecule has 0 unspecified atom stereocenters. The van der Waals surface area contributed by atoms with Gasteiger partial charge in [0.2, 0.25) is 0 Å². The molecule has 6 nitrogen and oxygen atoms in total. The molecular formula is C38H32N2O4. The van der Waals surface area contributed by atoms with E-state index >= 15 is 0 Å². The van der Waals surface area contributed by atoms with E-state index in [0.717, 1.165) is 44.0 Å². The molecule has 6 aromatic carbocycles. The molecule has 0 spiro atoms. The second kappa shape index (κ2) is 12.7. The van der Waals surface area contributed by atoms with Crippen LogP contribution in [0.1, 0.15) is 0 Å². The number of amides is 2. The molecule has 0 aromatic heterocycles. The lowest BCUT2D eigenvalue weighted by molar-refractivity contribution is -0.121. The fourth-order valence-electron chi connectivity index (χ4n) is 5.32. The number of nitrogens with zero attached hydrogens (tertiary/aromatic N) is 2. The number of anilines is 2. The molecule has 44 heavy (non-hydrogen) atoms. The third-order valence-electron chi connectivity index (χ3n) is 7.77. The average Bonchev–Trinajstić information content (AvgIpc) is 3.09. The lowest BCUT2D eigenvalue weighted by atomic mass is 9.92. The monoisotopic (exact) mass is 580 g/mol. The maximum Gasteiger partial charge on any atom is 0.264 e. The second-order valence-corrected chi connectivity index (χ2v) is 10.5. The summed E-state index contributed by atoms with van der Waals surface area (Å²) in [5, 5.41) is 3.92. The van der Waals surface area contributed by atoms with Gasteiger partial charge in [0.25, 0.3) is 11.8 Å². The van der Waals surface area contributed by atoms with Crippen LogP contribution in [-0.2, 0) is 9.59 Å². The van der Waals surface area contributed by atoms with Crippen LogP contribution in [0.25, 0.3) is 32.7 Å². The summed E-state index contributed by atoms with van der Waals surface area (Å²) in [4.78, 5) is 29.6.